The largest absolute Gasteiger partial charge is 0.367 e. The molecule has 3 N–H and O–H groups in total. The molecule has 1 aliphatic carbocycles. The highest BCUT2D eigenvalue weighted by molar-refractivity contribution is 6.35. The molecule has 1 aliphatic rings. The molecule has 112 valence electrons. The van der Waals surface area contributed by atoms with Gasteiger partial charge in [0.15, 0.2) is 0 Å². The van der Waals surface area contributed by atoms with E-state index in [1.807, 2.05) is 19.1 Å². The second-order valence-corrected chi connectivity index (χ2v) is 6.44. The van der Waals surface area contributed by atoms with Crippen LogP contribution in [0.4, 0.5) is 5.82 Å². The summed E-state index contributed by atoms with van der Waals surface area (Å²) in [6, 6.07) is 8.74. The van der Waals surface area contributed by atoms with Gasteiger partial charge in [0.1, 0.15) is 5.82 Å². The Morgan fingerprint density at radius 2 is 1.90 bits per heavy atom. The lowest BCUT2D eigenvalue weighted by molar-refractivity contribution is 0.344. The van der Waals surface area contributed by atoms with Crippen molar-refractivity contribution in [3.8, 4) is 0 Å². The summed E-state index contributed by atoms with van der Waals surface area (Å²) in [4.78, 5) is 4.70. The van der Waals surface area contributed by atoms with E-state index >= 15 is 0 Å². The van der Waals surface area contributed by atoms with Gasteiger partial charge in [-0.05, 0) is 62.8 Å². The molecule has 4 heteroatoms. The van der Waals surface area contributed by atoms with Gasteiger partial charge in [0.2, 0.25) is 0 Å². The first-order valence-electron chi connectivity index (χ1n) is 7.70. The van der Waals surface area contributed by atoms with Crippen LogP contribution in [0, 0.1) is 12.8 Å². The number of pyridine rings is 1. The predicted octanol–water partition coefficient (Wildman–Crippen LogP) is 4.13. The first-order chi connectivity index (χ1) is 10.2. The van der Waals surface area contributed by atoms with E-state index in [1.54, 1.807) is 0 Å². The predicted molar refractivity (Wildman–Crippen MR) is 89.9 cm³/mol. The van der Waals surface area contributed by atoms with Crippen LogP contribution < -0.4 is 11.1 Å². The highest BCUT2D eigenvalue weighted by Gasteiger charge is 2.20. The van der Waals surface area contributed by atoms with E-state index in [9.17, 15) is 0 Å². The van der Waals surface area contributed by atoms with Gasteiger partial charge in [0.25, 0.3) is 0 Å². The molecule has 1 fully saturated rings. The molecule has 0 radical (unpaired) electrons. The average Bonchev–Trinajstić information content (AvgIpc) is 2.52. The quantitative estimate of drug-likeness (QED) is 0.896. The molecular weight excluding hydrogens is 282 g/mol. The first-order valence-corrected chi connectivity index (χ1v) is 8.07. The zero-order chi connectivity index (χ0) is 14.8. The number of hydrogen-bond acceptors (Lipinski definition) is 3. The van der Waals surface area contributed by atoms with Gasteiger partial charge in [-0.2, -0.15) is 0 Å². The van der Waals surface area contributed by atoms with E-state index in [0.29, 0.717) is 12.0 Å². The third-order valence-electron chi connectivity index (χ3n) is 4.53. The van der Waals surface area contributed by atoms with Crippen LogP contribution in [0.25, 0.3) is 10.9 Å². The minimum absolute atomic E-state index is 0.501. The van der Waals surface area contributed by atoms with Crippen LogP contribution in [0.1, 0.15) is 31.2 Å². The van der Waals surface area contributed by atoms with Gasteiger partial charge in [-0.25, -0.2) is 4.98 Å². The molecule has 0 atom stereocenters. The number of nitrogens with zero attached hydrogens (tertiary/aromatic N) is 1. The van der Waals surface area contributed by atoms with Crippen LogP contribution in [0.2, 0.25) is 5.02 Å². The summed E-state index contributed by atoms with van der Waals surface area (Å²) >= 11 is 6.37. The van der Waals surface area contributed by atoms with Crippen LogP contribution in [0.15, 0.2) is 24.3 Å². The minimum Gasteiger partial charge on any atom is -0.367 e. The second-order valence-electron chi connectivity index (χ2n) is 6.06. The summed E-state index contributed by atoms with van der Waals surface area (Å²) in [6.45, 7) is 2.83. The Morgan fingerprint density at radius 1 is 1.19 bits per heavy atom. The Bertz CT molecular complexity index is 633. The molecule has 1 heterocycles. The van der Waals surface area contributed by atoms with E-state index in [0.717, 1.165) is 33.9 Å². The Balaban J connectivity index is 1.77. The maximum Gasteiger partial charge on any atom is 0.126 e. The van der Waals surface area contributed by atoms with Crippen LogP contribution in [0.5, 0.6) is 0 Å². The van der Waals surface area contributed by atoms with Gasteiger partial charge >= 0.3 is 0 Å². The number of halogens is 1. The van der Waals surface area contributed by atoms with E-state index in [4.69, 9.17) is 22.3 Å². The summed E-state index contributed by atoms with van der Waals surface area (Å²) in [7, 11) is 0. The number of nitrogens with two attached hydrogens (primary N) is 1. The van der Waals surface area contributed by atoms with Crippen molar-refractivity contribution in [2.24, 2.45) is 11.7 Å². The minimum atomic E-state index is 0.501. The van der Waals surface area contributed by atoms with Gasteiger partial charge in [-0.15, -0.1) is 0 Å². The van der Waals surface area contributed by atoms with E-state index in [-0.39, 0.29) is 0 Å². The summed E-state index contributed by atoms with van der Waals surface area (Å²) in [5, 5.41) is 5.39. The van der Waals surface area contributed by atoms with E-state index < -0.39 is 0 Å². The lowest BCUT2D eigenvalue weighted by Crippen LogP contribution is -2.29. The smallest absolute Gasteiger partial charge is 0.126 e. The molecule has 2 aromatic rings. The number of aryl methyl sites for hydroxylation is 1. The van der Waals surface area contributed by atoms with Crippen molar-refractivity contribution in [1.29, 1.82) is 0 Å². The molecule has 3 rings (SSSR count). The zero-order valence-corrected chi connectivity index (χ0v) is 13.2. The molecule has 3 nitrogen and oxygen atoms in total. The SMILES string of the molecule is Cc1ccc2ccc(N[C@H]3CC[C@H](CN)CC3)nc2c1Cl. The number of benzene rings is 1. The lowest BCUT2D eigenvalue weighted by atomic mass is 9.86. The fourth-order valence-electron chi connectivity index (χ4n) is 3.09. The fraction of sp³-hybridized carbons (Fsp3) is 0.471. The molecule has 0 bridgehead atoms. The Kier molecular flexibility index (Phi) is 4.32. The number of fused-ring (bicyclic) bond motifs is 1. The number of rotatable bonds is 3. The summed E-state index contributed by atoms with van der Waals surface area (Å²) in [5.74, 6) is 1.62. The number of aromatic nitrogens is 1. The van der Waals surface area contributed by atoms with Gasteiger partial charge in [-0.3, -0.25) is 0 Å². The van der Waals surface area contributed by atoms with Gasteiger partial charge in [-0.1, -0.05) is 23.7 Å². The summed E-state index contributed by atoms with van der Waals surface area (Å²) in [5.41, 5.74) is 7.70. The lowest BCUT2D eigenvalue weighted by Gasteiger charge is -2.28. The normalized spacial score (nSPS) is 22.4. The fourth-order valence-corrected chi connectivity index (χ4v) is 3.30. The zero-order valence-electron chi connectivity index (χ0n) is 12.4. The molecule has 0 saturated heterocycles. The van der Waals surface area contributed by atoms with Gasteiger partial charge in [0.05, 0.1) is 10.5 Å². The molecule has 0 amide bonds. The number of anilines is 1. The number of hydrogen-bond donors (Lipinski definition) is 2. The monoisotopic (exact) mass is 303 g/mol. The Labute approximate surface area is 130 Å². The maximum absolute atomic E-state index is 6.37. The summed E-state index contributed by atoms with van der Waals surface area (Å²) in [6.07, 6.45) is 4.76. The molecule has 0 spiro atoms. The van der Waals surface area contributed by atoms with Crippen LogP contribution >= 0.6 is 11.6 Å². The van der Waals surface area contributed by atoms with Crippen molar-refractivity contribution in [2.75, 3.05) is 11.9 Å². The van der Waals surface area contributed by atoms with Crippen LogP contribution in [-0.4, -0.2) is 17.6 Å². The van der Waals surface area contributed by atoms with Crippen molar-refractivity contribution in [2.45, 2.75) is 38.6 Å². The van der Waals surface area contributed by atoms with Crippen molar-refractivity contribution in [1.82, 2.24) is 4.98 Å². The molecule has 0 aliphatic heterocycles. The van der Waals surface area contributed by atoms with Crippen LogP contribution in [-0.2, 0) is 0 Å². The third kappa shape index (κ3) is 3.14. The number of nitrogens with one attached hydrogen (secondary N) is 1. The standard InChI is InChI=1S/C17H22ClN3/c1-11-2-5-13-6-9-15(21-17(13)16(11)18)20-14-7-3-12(10-19)4-8-14/h2,5-6,9,12,14H,3-4,7-8,10,19H2,1H3,(H,20,21)/t12-,14-. The van der Waals surface area contributed by atoms with Crippen molar-refractivity contribution in [3.05, 3.63) is 34.9 Å². The van der Waals surface area contributed by atoms with Crippen molar-refractivity contribution in [3.63, 3.8) is 0 Å². The Hall–Kier alpha value is -1.32. The average molecular weight is 304 g/mol. The van der Waals surface area contributed by atoms with E-state index in [1.165, 1.54) is 25.7 Å². The molecule has 21 heavy (non-hydrogen) atoms. The van der Waals surface area contributed by atoms with Gasteiger partial charge in [0, 0.05) is 11.4 Å². The third-order valence-corrected chi connectivity index (χ3v) is 5.00. The molecule has 1 aromatic carbocycles. The van der Waals surface area contributed by atoms with E-state index in [2.05, 4.69) is 17.4 Å². The van der Waals surface area contributed by atoms with Crippen molar-refractivity contribution >= 4 is 28.3 Å². The summed E-state index contributed by atoms with van der Waals surface area (Å²) < 4.78 is 0. The molecule has 1 saturated carbocycles. The molecule has 0 unspecified atom stereocenters. The van der Waals surface area contributed by atoms with Crippen molar-refractivity contribution < 1.29 is 0 Å². The second kappa shape index (κ2) is 6.20. The Morgan fingerprint density at radius 3 is 2.62 bits per heavy atom. The molecular formula is C17H22ClN3. The first kappa shape index (κ1) is 14.6. The topological polar surface area (TPSA) is 50.9 Å². The van der Waals surface area contributed by atoms with Gasteiger partial charge < -0.3 is 11.1 Å². The van der Waals surface area contributed by atoms with Crippen LogP contribution in [0.3, 0.4) is 0 Å². The highest BCUT2D eigenvalue weighted by atomic mass is 35.5. The highest BCUT2D eigenvalue weighted by Crippen LogP contribution is 2.29. The molecule has 1 aromatic heterocycles. The maximum atomic E-state index is 6.37.